The molecular weight excluding hydrogens is 258 g/mol. The van der Waals surface area contributed by atoms with Crippen LogP contribution in [0.15, 0.2) is 18.2 Å². The van der Waals surface area contributed by atoms with Gasteiger partial charge in [-0.2, -0.15) is 0 Å². The van der Waals surface area contributed by atoms with Crippen LogP contribution in [0, 0.1) is 17.7 Å². The number of nitrogens with one attached hydrogen (secondary N) is 1. The van der Waals surface area contributed by atoms with Gasteiger partial charge >= 0.3 is 0 Å². The molecule has 0 aliphatic carbocycles. The van der Waals surface area contributed by atoms with E-state index in [2.05, 4.69) is 43.9 Å². The average Bonchev–Trinajstić information content (AvgIpc) is 2.43. The van der Waals surface area contributed by atoms with Crippen molar-refractivity contribution < 1.29 is 0 Å². The Morgan fingerprint density at radius 3 is 2.81 bits per heavy atom. The largest absolute Gasteiger partial charge is 0.387 e. The van der Waals surface area contributed by atoms with E-state index in [1.807, 2.05) is 0 Å². The third kappa shape index (κ3) is 3.99. The Balaban J connectivity index is 1.87. The first kappa shape index (κ1) is 15.9. The number of hydrogen-bond donors (Lipinski definition) is 2. The van der Waals surface area contributed by atoms with Crippen LogP contribution in [0.2, 0.25) is 0 Å². The lowest BCUT2D eigenvalue weighted by Gasteiger charge is -2.32. The zero-order valence-electron chi connectivity index (χ0n) is 13.7. The molecule has 1 aromatic carbocycles. The van der Waals surface area contributed by atoms with Crippen molar-refractivity contribution in [3.05, 3.63) is 29.3 Å². The van der Waals surface area contributed by atoms with Gasteiger partial charge < -0.3 is 10.6 Å². The van der Waals surface area contributed by atoms with Crippen LogP contribution in [0.1, 0.15) is 50.7 Å². The Labute approximate surface area is 129 Å². The summed E-state index contributed by atoms with van der Waals surface area (Å²) in [6, 6.07) is 6.83. The summed E-state index contributed by atoms with van der Waals surface area (Å²) in [6.07, 6.45) is 5.77. The molecule has 3 heteroatoms. The topological polar surface area (TPSA) is 53.1 Å². The monoisotopic (exact) mass is 287 g/mol. The van der Waals surface area contributed by atoms with Gasteiger partial charge in [-0.1, -0.05) is 38.0 Å². The van der Waals surface area contributed by atoms with Crippen molar-refractivity contribution in [1.82, 2.24) is 0 Å². The van der Waals surface area contributed by atoms with Gasteiger partial charge in [0.2, 0.25) is 0 Å². The number of aryl methyl sites for hydroxylation is 2. The summed E-state index contributed by atoms with van der Waals surface area (Å²) in [5.41, 5.74) is 9.78. The molecule has 1 aliphatic heterocycles. The molecule has 0 atom stereocenters. The fourth-order valence-electron chi connectivity index (χ4n) is 3.04. The van der Waals surface area contributed by atoms with Crippen LogP contribution in [-0.4, -0.2) is 18.9 Å². The quantitative estimate of drug-likeness (QED) is 0.474. The lowest BCUT2D eigenvalue weighted by molar-refractivity contribution is 0.440. The molecule has 0 fully saturated rings. The maximum atomic E-state index is 7.61. The highest BCUT2D eigenvalue weighted by Crippen LogP contribution is 2.29. The normalized spacial score (nSPS) is 14.9. The molecule has 21 heavy (non-hydrogen) atoms. The number of fused-ring (bicyclic) bond motifs is 1. The van der Waals surface area contributed by atoms with Crippen molar-refractivity contribution in [2.75, 3.05) is 18.0 Å². The van der Waals surface area contributed by atoms with E-state index in [-0.39, 0.29) is 5.41 Å². The number of nitrogens with two attached hydrogens (primary N) is 1. The molecule has 1 aliphatic rings. The van der Waals surface area contributed by atoms with Crippen LogP contribution in [0.5, 0.6) is 0 Å². The SMILES string of the molecule is Cc1ccc2c(c1)CCCN2CCCCC(C)(C)C(=N)N. The standard InChI is InChI=1S/C18H29N3/c1-14-8-9-16-15(13-14)7-6-12-21(16)11-5-4-10-18(2,3)17(19)20/h8-9,13H,4-7,10-12H2,1-3H3,(H3,19,20). The lowest BCUT2D eigenvalue weighted by atomic mass is 9.86. The first-order chi connectivity index (χ1) is 9.90. The number of hydrogen-bond acceptors (Lipinski definition) is 2. The maximum absolute atomic E-state index is 7.61. The summed E-state index contributed by atoms with van der Waals surface area (Å²) in [5.74, 6) is 0.307. The molecule has 0 saturated carbocycles. The second-order valence-electron chi connectivity index (χ2n) is 6.98. The fraction of sp³-hybridized carbons (Fsp3) is 0.611. The van der Waals surface area contributed by atoms with Gasteiger partial charge in [0.05, 0.1) is 5.84 Å². The van der Waals surface area contributed by atoms with Gasteiger partial charge in [-0.25, -0.2) is 0 Å². The van der Waals surface area contributed by atoms with Crippen molar-refractivity contribution in [3.8, 4) is 0 Å². The van der Waals surface area contributed by atoms with Crippen LogP contribution in [0.25, 0.3) is 0 Å². The summed E-state index contributed by atoms with van der Waals surface area (Å²) >= 11 is 0. The summed E-state index contributed by atoms with van der Waals surface area (Å²) in [4.78, 5) is 2.53. The van der Waals surface area contributed by atoms with E-state index in [0.717, 1.165) is 19.4 Å². The highest BCUT2D eigenvalue weighted by Gasteiger charge is 2.21. The molecule has 0 saturated heterocycles. The molecule has 3 N–H and O–H groups in total. The highest BCUT2D eigenvalue weighted by molar-refractivity contribution is 5.82. The van der Waals surface area contributed by atoms with Gasteiger partial charge in [0, 0.05) is 24.2 Å². The summed E-state index contributed by atoms with van der Waals surface area (Å²) in [6.45, 7) is 8.59. The van der Waals surface area contributed by atoms with Crippen LogP contribution < -0.4 is 10.6 Å². The van der Waals surface area contributed by atoms with E-state index in [0.29, 0.717) is 5.84 Å². The predicted octanol–water partition coefficient (Wildman–Crippen LogP) is 3.88. The van der Waals surface area contributed by atoms with Gasteiger partial charge in [-0.15, -0.1) is 0 Å². The number of rotatable bonds is 6. The minimum Gasteiger partial charge on any atom is -0.387 e. The molecule has 1 aromatic rings. The Morgan fingerprint density at radius 1 is 1.33 bits per heavy atom. The molecule has 0 spiro atoms. The number of amidine groups is 1. The van der Waals surface area contributed by atoms with Gasteiger partial charge in [-0.05, 0) is 44.2 Å². The average molecular weight is 287 g/mol. The molecule has 0 bridgehead atoms. The molecular formula is C18H29N3. The number of benzene rings is 1. The summed E-state index contributed by atoms with van der Waals surface area (Å²) in [5, 5.41) is 7.61. The van der Waals surface area contributed by atoms with Crippen molar-refractivity contribution in [2.24, 2.45) is 11.1 Å². The number of nitrogens with zero attached hydrogens (tertiary/aromatic N) is 1. The third-order valence-electron chi connectivity index (χ3n) is 4.66. The minimum absolute atomic E-state index is 0.156. The van der Waals surface area contributed by atoms with E-state index in [4.69, 9.17) is 11.1 Å². The molecule has 0 unspecified atom stereocenters. The fourth-order valence-corrected chi connectivity index (χ4v) is 3.04. The first-order valence-electron chi connectivity index (χ1n) is 8.09. The second-order valence-corrected chi connectivity index (χ2v) is 6.98. The van der Waals surface area contributed by atoms with Crippen molar-refractivity contribution >= 4 is 11.5 Å². The highest BCUT2D eigenvalue weighted by atomic mass is 15.1. The van der Waals surface area contributed by atoms with E-state index in [9.17, 15) is 0 Å². The van der Waals surface area contributed by atoms with E-state index < -0.39 is 0 Å². The Hall–Kier alpha value is -1.51. The smallest absolute Gasteiger partial charge is 0.0963 e. The van der Waals surface area contributed by atoms with Gasteiger partial charge in [0.25, 0.3) is 0 Å². The van der Waals surface area contributed by atoms with Crippen LogP contribution in [-0.2, 0) is 6.42 Å². The van der Waals surface area contributed by atoms with E-state index in [1.165, 1.54) is 42.6 Å². The molecule has 0 radical (unpaired) electrons. The second kappa shape index (κ2) is 6.50. The molecule has 116 valence electrons. The summed E-state index contributed by atoms with van der Waals surface area (Å²) < 4.78 is 0. The van der Waals surface area contributed by atoms with Crippen molar-refractivity contribution in [2.45, 2.75) is 52.9 Å². The molecule has 1 heterocycles. The van der Waals surface area contributed by atoms with Crippen LogP contribution in [0.3, 0.4) is 0 Å². The lowest BCUT2D eigenvalue weighted by Crippen LogP contribution is -2.32. The van der Waals surface area contributed by atoms with Gasteiger partial charge in [0.15, 0.2) is 0 Å². The zero-order valence-corrected chi connectivity index (χ0v) is 13.7. The molecule has 2 rings (SSSR count). The summed E-state index contributed by atoms with van der Waals surface area (Å²) in [7, 11) is 0. The van der Waals surface area contributed by atoms with Crippen LogP contribution >= 0.6 is 0 Å². The molecule has 3 nitrogen and oxygen atoms in total. The Morgan fingerprint density at radius 2 is 2.10 bits per heavy atom. The van der Waals surface area contributed by atoms with Crippen LogP contribution in [0.4, 0.5) is 5.69 Å². The Kier molecular flexibility index (Phi) is 4.92. The van der Waals surface area contributed by atoms with Gasteiger partial charge in [0.1, 0.15) is 0 Å². The predicted molar refractivity (Wildman–Crippen MR) is 91.3 cm³/mol. The van der Waals surface area contributed by atoms with E-state index in [1.54, 1.807) is 0 Å². The van der Waals surface area contributed by atoms with Gasteiger partial charge in [-0.3, -0.25) is 5.41 Å². The minimum atomic E-state index is -0.156. The number of anilines is 1. The molecule has 0 aromatic heterocycles. The Bertz CT molecular complexity index is 505. The zero-order chi connectivity index (χ0) is 15.5. The number of unbranched alkanes of at least 4 members (excludes halogenated alkanes) is 1. The van der Waals surface area contributed by atoms with Crippen molar-refractivity contribution in [1.29, 1.82) is 5.41 Å². The van der Waals surface area contributed by atoms with Crippen molar-refractivity contribution in [3.63, 3.8) is 0 Å². The third-order valence-corrected chi connectivity index (χ3v) is 4.66. The molecule has 0 amide bonds. The van der Waals surface area contributed by atoms with E-state index >= 15 is 0 Å². The first-order valence-corrected chi connectivity index (χ1v) is 8.09. The maximum Gasteiger partial charge on any atom is 0.0963 e.